The molecule has 3 heterocycles. The van der Waals surface area contributed by atoms with E-state index in [1.54, 1.807) is 18.2 Å². The molecule has 0 aliphatic heterocycles. The number of hydrogen-bond donors (Lipinski definition) is 0. The SMILES string of the molecule is Cn1cccc1P(=Nc1ccccc1[N+](=O)[O-])(c1cccn1C)c1cccn1C. The quantitative estimate of drug-likeness (QED) is 0.289. The van der Waals surface area contributed by atoms with E-state index in [9.17, 15) is 10.1 Å². The first-order chi connectivity index (χ1) is 13.9. The van der Waals surface area contributed by atoms with Gasteiger partial charge in [0, 0.05) is 45.8 Å². The van der Waals surface area contributed by atoms with Crippen molar-refractivity contribution in [3.63, 3.8) is 0 Å². The maximum absolute atomic E-state index is 11.7. The molecule has 0 aliphatic carbocycles. The molecule has 7 nitrogen and oxygen atoms in total. The Hall–Kier alpha value is -3.31. The Morgan fingerprint density at radius 2 is 1.21 bits per heavy atom. The number of rotatable bonds is 5. The zero-order valence-electron chi connectivity index (χ0n) is 16.5. The van der Waals surface area contributed by atoms with E-state index >= 15 is 0 Å². The molecule has 0 radical (unpaired) electrons. The van der Waals surface area contributed by atoms with Gasteiger partial charge < -0.3 is 13.7 Å². The highest BCUT2D eigenvalue weighted by Crippen LogP contribution is 2.50. The molecule has 0 atom stereocenters. The average Bonchev–Trinajstić information content (AvgIpc) is 3.42. The molecule has 0 amide bonds. The molecule has 0 aliphatic rings. The molecule has 8 heteroatoms. The van der Waals surface area contributed by atoms with Gasteiger partial charge in [-0.3, -0.25) is 10.1 Å². The molecule has 29 heavy (non-hydrogen) atoms. The van der Waals surface area contributed by atoms with Crippen LogP contribution in [0.3, 0.4) is 0 Å². The van der Waals surface area contributed by atoms with E-state index in [0.29, 0.717) is 5.69 Å². The second-order valence-electron chi connectivity index (χ2n) is 6.91. The Labute approximate surface area is 169 Å². The Morgan fingerprint density at radius 3 is 1.59 bits per heavy atom. The van der Waals surface area contributed by atoms with Crippen LogP contribution in [0.5, 0.6) is 0 Å². The number of benzene rings is 1. The molecule has 4 aromatic rings. The number of para-hydroxylation sites is 1. The van der Waals surface area contributed by atoms with Gasteiger partial charge in [-0.05, 0) is 42.5 Å². The molecule has 0 saturated heterocycles. The van der Waals surface area contributed by atoms with E-state index in [0.717, 1.165) is 16.3 Å². The van der Waals surface area contributed by atoms with Crippen LogP contribution in [0, 0.1) is 10.1 Å². The van der Waals surface area contributed by atoms with Crippen molar-refractivity contribution in [2.24, 2.45) is 25.9 Å². The van der Waals surface area contributed by atoms with Crippen molar-refractivity contribution in [3.8, 4) is 0 Å². The van der Waals surface area contributed by atoms with Crippen LogP contribution >= 0.6 is 7.05 Å². The van der Waals surface area contributed by atoms with Crippen molar-refractivity contribution >= 4 is 34.7 Å². The minimum Gasteiger partial charge on any atom is -0.349 e. The Morgan fingerprint density at radius 1 is 0.759 bits per heavy atom. The van der Waals surface area contributed by atoms with Gasteiger partial charge in [0.1, 0.15) is 12.7 Å². The van der Waals surface area contributed by atoms with Gasteiger partial charge in [-0.25, -0.2) is 4.74 Å². The fraction of sp³-hybridized carbons (Fsp3) is 0.143. The standard InChI is InChI=1S/C21H22N5O2P/c1-23-14-6-11-19(23)29(20-12-7-15-24(20)2,21-13-8-16-25(21)3)22-17-9-4-5-10-18(17)26(27)28/h4-16H,1-3H3. The summed E-state index contributed by atoms with van der Waals surface area (Å²) in [5.41, 5.74) is 3.47. The van der Waals surface area contributed by atoms with Crippen molar-refractivity contribution in [1.29, 1.82) is 0 Å². The average molecular weight is 407 g/mol. The van der Waals surface area contributed by atoms with E-state index in [1.165, 1.54) is 6.07 Å². The molecule has 1 aromatic carbocycles. The Kier molecular flexibility index (Phi) is 4.76. The Balaban J connectivity index is 2.22. The molecule has 0 unspecified atom stereocenters. The van der Waals surface area contributed by atoms with E-state index in [1.807, 2.05) is 57.9 Å². The van der Waals surface area contributed by atoms with Crippen molar-refractivity contribution in [3.05, 3.63) is 89.4 Å². The first kappa shape index (κ1) is 19.0. The van der Waals surface area contributed by atoms with Crippen LogP contribution < -0.4 is 16.3 Å². The third-order valence-electron chi connectivity index (χ3n) is 5.08. The lowest BCUT2D eigenvalue weighted by molar-refractivity contribution is -0.384. The van der Waals surface area contributed by atoms with E-state index in [2.05, 4.69) is 31.9 Å². The van der Waals surface area contributed by atoms with Crippen LogP contribution in [0.4, 0.5) is 11.4 Å². The lowest BCUT2D eigenvalue weighted by atomic mass is 10.3. The summed E-state index contributed by atoms with van der Waals surface area (Å²) in [5, 5.41) is 11.7. The highest BCUT2D eigenvalue weighted by atomic mass is 31.2. The number of nitro benzene ring substituents is 1. The summed E-state index contributed by atoms with van der Waals surface area (Å²) < 4.78 is 11.4. The lowest BCUT2D eigenvalue weighted by Gasteiger charge is -2.27. The molecule has 0 N–H and O–H groups in total. The monoisotopic (exact) mass is 407 g/mol. The van der Waals surface area contributed by atoms with Gasteiger partial charge in [-0.15, -0.1) is 0 Å². The van der Waals surface area contributed by atoms with Crippen molar-refractivity contribution < 1.29 is 4.92 Å². The van der Waals surface area contributed by atoms with Crippen LogP contribution in [0.25, 0.3) is 0 Å². The zero-order valence-corrected chi connectivity index (χ0v) is 17.4. The van der Waals surface area contributed by atoms with Gasteiger partial charge in [-0.1, -0.05) is 12.1 Å². The van der Waals surface area contributed by atoms with Crippen LogP contribution in [0.15, 0.2) is 84.0 Å². The molecule has 0 bridgehead atoms. The molecule has 3 aromatic heterocycles. The van der Waals surface area contributed by atoms with Gasteiger partial charge in [0.25, 0.3) is 5.69 Å². The summed E-state index contributed by atoms with van der Waals surface area (Å²) >= 11 is 0. The van der Waals surface area contributed by atoms with Crippen LogP contribution in [0.1, 0.15) is 0 Å². The normalized spacial score (nSPS) is 11.6. The first-order valence-electron chi connectivity index (χ1n) is 9.16. The number of aryl methyl sites for hydroxylation is 3. The largest absolute Gasteiger partial charge is 0.349 e. The second kappa shape index (κ2) is 7.26. The first-order valence-corrected chi connectivity index (χ1v) is 10.9. The predicted molar refractivity (Wildman–Crippen MR) is 117 cm³/mol. The van der Waals surface area contributed by atoms with Crippen LogP contribution in [0.2, 0.25) is 0 Å². The van der Waals surface area contributed by atoms with Gasteiger partial charge in [0.15, 0.2) is 0 Å². The summed E-state index contributed by atoms with van der Waals surface area (Å²) in [7, 11) is 3.37. The van der Waals surface area contributed by atoms with Crippen LogP contribution in [-0.4, -0.2) is 18.6 Å². The third-order valence-corrected chi connectivity index (χ3v) is 8.98. The smallest absolute Gasteiger partial charge is 0.294 e. The summed E-state index contributed by atoms with van der Waals surface area (Å²) in [6, 6.07) is 18.9. The van der Waals surface area contributed by atoms with Crippen LogP contribution in [-0.2, 0) is 21.1 Å². The predicted octanol–water partition coefficient (Wildman–Crippen LogP) is 3.42. The summed E-state index contributed by atoms with van der Waals surface area (Å²) in [6.45, 7) is 0. The fourth-order valence-electron chi connectivity index (χ4n) is 3.74. The zero-order chi connectivity index (χ0) is 20.6. The number of nitro groups is 1. The van der Waals surface area contributed by atoms with E-state index < -0.39 is 7.05 Å². The van der Waals surface area contributed by atoms with E-state index in [4.69, 9.17) is 4.74 Å². The summed E-state index contributed by atoms with van der Waals surface area (Å²) in [4.78, 5) is 11.3. The molecule has 0 saturated carbocycles. The third kappa shape index (κ3) is 3.04. The van der Waals surface area contributed by atoms with Gasteiger partial charge in [0.05, 0.1) is 21.2 Å². The molecular weight excluding hydrogens is 385 g/mol. The maximum Gasteiger partial charge on any atom is 0.294 e. The summed E-state index contributed by atoms with van der Waals surface area (Å²) in [5.74, 6) is 0. The minimum absolute atomic E-state index is 0.00880. The molecule has 148 valence electrons. The van der Waals surface area contributed by atoms with Gasteiger partial charge in [-0.2, -0.15) is 0 Å². The topological polar surface area (TPSA) is 70.3 Å². The molecule has 4 rings (SSSR count). The molecular formula is C21H22N5O2P. The maximum atomic E-state index is 11.7. The number of aromatic nitrogens is 3. The highest BCUT2D eigenvalue weighted by molar-refractivity contribution is 7.87. The van der Waals surface area contributed by atoms with Gasteiger partial charge in [0.2, 0.25) is 0 Å². The fourth-order valence-corrected chi connectivity index (χ4v) is 7.71. The highest BCUT2D eigenvalue weighted by Gasteiger charge is 2.34. The van der Waals surface area contributed by atoms with Crippen molar-refractivity contribution in [2.75, 3.05) is 0 Å². The van der Waals surface area contributed by atoms with E-state index in [-0.39, 0.29) is 10.6 Å². The second-order valence-corrected chi connectivity index (χ2v) is 9.76. The summed E-state index contributed by atoms with van der Waals surface area (Å²) in [6.07, 6.45) is 5.97. The molecule has 0 spiro atoms. The minimum atomic E-state index is -2.60. The Bertz CT molecular complexity index is 1140. The number of hydrogen-bond acceptors (Lipinski definition) is 3. The lowest BCUT2D eigenvalue weighted by Crippen LogP contribution is -2.34. The van der Waals surface area contributed by atoms with Gasteiger partial charge >= 0.3 is 0 Å². The molecule has 0 fully saturated rings. The van der Waals surface area contributed by atoms with Crippen molar-refractivity contribution in [2.45, 2.75) is 0 Å². The van der Waals surface area contributed by atoms with Crippen molar-refractivity contribution in [1.82, 2.24) is 13.7 Å². The number of nitrogens with zero attached hydrogens (tertiary/aromatic N) is 5.